The Hall–Kier alpha value is -2.94. The number of hydrogen-bond donors (Lipinski definition) is 2. The first kappa shape index (κ1) is 21.3. The molecule has 2 heterocycles. The highest BCUT2D eigenvalue weighted by molar-refractivity contribution is 5.92. The quantitative estimate of drug-likeness (QED) is 0.590. The molecule has 2 N–H and O–H groups in total. The summed E-state index contributed by atoms with van der Waals surface area (Å²) in [6.45, 7) is 0.326. The van der Waals surface area contributed by atoms with Crippen molar-refractivity contribution in [2.45, 2.75) is 44.7 Å². The van der Waals surface area contributed by atoms with Crippen molar-refractivity contribution in [3.63, 3.8) is 0 Å². The zero-order valence-corrected chi connectivity index (χ0v) is 17.3. The number of amides is 1. The molecule has 1 aromatic carbocycles. The second-order valence-corrected chi connectivity index (χ2v) is 7.92. The molecular formula is C22H25F2N5O2. The molecule has 0 aliphatic heterocycles. The van der Waals surface area contributed by atoms with Crippen LogP contribution >= 0.6 is 0 Å². The minimum Gasteiger partial charge on any atom is -0.441 e. The third kappa shape index (κ3) is 5.04. The Morgan fingerprint density at radius 3 is 2.61 bits per heavy atom. The van der Waals surface area contributed by atoms with Crippen LogP contribution in [-0.2, 0) is 4.79 Å². The second kappa shape index (κ2) is 9.47. The number of hydrogen-bond acceptors (Lipinski definition) is 6. The third-order valence-electron chi connectivity index (χ3n) is 5.67. The number of fused-ring (bicyclic) bond motifs is 1. The van der Waals surface area contributed by atoms with E-state index in [-0.39, 0.29) is 23.8 Å². The highest BCUT2D eigenvalue weighted by Crippen LogP contribution is 2.27. The first-order chi connectivity index (χ1) is 15.1. The zero-order chi connectivity index (χ0) is 21.8. The van der Waals surface area contributed by atoms with Gasteiger partial charge in [0.15, 0.2) is 11.7 Å². The molecule has 2 aromatic heterocycles. The molecule has 0 bridgehead atoms. The Balaban J connectivity index is 1.39. The number of anilines is 1. The maximum Gasteiger partial charge on any atom is 0.229 e. The van der Waals surface area contributed by atoms with Crippen molar-refractivity contribution in [1.29, 1.82) is 0 Å². The first-order valence-corrected chi connectivity index (χ1v) is 10.4. The van der Waals surface area contributed by atoms with Crippen LogP contribution in [0.1, 0.15) is 31.6 Å². The number of carbonyl (C=O) groups excluding carboxylic acids is 1. The van der Waals surface area contributed by atoms with Crippen LogP contribution in [0.3, 0.4) is 0 Å². The van der Waals surface area contributed by atoms with E-state index in [1.54, 1.807) is 19.3 Å². The van der Waals surface area contributed by atoms with Gasteiger partial charge in [-0.15, -0.1) is 0 Å². The first-order valence-electron chi connectivity index (χ1n) is 10.4. The molecule has 1 fully saturated rings. The van der Waals surface area contributed by atoms with Crippen LogP contribution in [0.15, 0.2) is 35.0 Å². The average Bonchev–Trinajstić information content (AvgIpc) is 3.23. The van der Waals surface area contributed by atoms with E-state index < -0.39 is 19.4 Å². The van der Waals surface area contributed by atoms with E-state index in [0.29, 0.717) is 42.9 Å². The normalized spacial score (nSPS) is 19.1. The summed E-state index contributed by atoms with van der Waals surface area (Å²) >= 11 is 0. The topological polar surface area (TPSA) is 92.9 Å². The standard InChI is InChI=1S/C22H25F2N5O2/c1-13-25-12-20(31-13)15-2-3-16-11-26-22(28-19(16)8-15)29-21(30)14-4-6-17(7-5-14)27-18(9-23)10-24/h2-3,8,11-12,14,17-18,27H,4-7,9-10H2,1H3,(H,26,28,29,30). The molecule has 1 amide bonds. The van der Waals surface area contributed by atoms with E-state index in [9.17, 15) is 13.6 Å². The van der Waals surface area contributed by atoms with Gasteiger partial charge >= 0.3 is 0 Å². The van der Waals surface area contributed by atoms with Crippen molar-refractivity contribution >= 4 is 22.8 Å². The maximum atomic E-state index is 12.7. The molecule has 0 atom stereocenters. The Bertz CT molecular complexity index is 1050. The molecule has 164 valence electrons. The number of nitrogens with one attached hydrogen (secondary N) is 2. The van der Waals surface area contributed by atoms with Crippen molar-refractivity contribution in [3.05, 3.63) is 36.5 Å². The lowest BCUT2D eigenvalue weighted by Crippen LogP contribution is -2.44. The molecule has 1 aliphatic carbocycles. The molecule has 1 saturated carbocycles. The predicted octanol–water partition coefficient (Wildman–Crippen LogP) is 3.99. The molecule has 0 unspecified atom stereocenters. The highest BCUT2D eigenvalue weighted by atomic mass is 19.1. The van der Waals surface area contributed by atoms with Crippen LogP contribution in [0.2, 0.25) is 0 Å². The monoisotopic (exact) mass is 429 g/mol. The minimum atomic E-state index is -0.757. The zero-order valence-electron chi connectivity index (χ0n) is 17.3. The fourth-order valence-electron chi connectivity index (χ4n) is 3.93. The summed E-state index contributed by atoms with van der Waals surface area (Å²) in [5, 5.41) is 6.64. The number of oxazole rings is 1. The minimum absolute atomic E-state index is 0.0376. The summed E-state index contributed by atoms with van der Waals surface area (Å²) in [6.07, 6.45) is 6.03. The molecule has 9 heteroatoms. The van der Waals surface area contributed by atoms with E-state index in [4.69, 9.17) is 4.42 Å². The summed E-state index contributed by atoms with van der Waals surface area (Å²) in [4.78, 5) is 25.5. The number of halogens is 2. The van der Waals surface area contributed by atoms with Crippen LogP contribution < -0.4 is 10.6 Å². The summed E-state index contributed by atoms with van der Waals surface area (Å²) in [7, 11) is 0. The summed E-state index contributed by atoms with van der Waals surface area (Å²) < 4.78 is 31.0. The molecule has 7 nitrogen and oxygen atoms in total. The van der Waals surface area contributed by atoms with Crippen LogP contribution in [-0.4, -0.2) is 46.3 Å². The van der Waals surface area contributed by atoms with Crippen LogP contribution in [0.4, 0.5) is 14.7 Å². The summed E-state index contributed by atoms with van der Waals surface area (Å²) in [5.74, 6) is 1.18. The van der Waals surface area contributed by atoms with Gasteiger partial charge < -0.3 is 9.73 Å². The number of aromatic nitrogens is 3. The largest absolute Gasteiger partial charge is 0.441 e. The Morgan fingerprint density at radius 1 is 1.16 bits per heavy atom. The molecule has 0 spiro atoms. The van der Waals surface area contributed by atoms with Crippen LogP contribution in [0.5, 0.6) is 0 Å². The van der Waals surface area contributed by atoms with E-state index in [0.717, 1.165) is 10.9 Å². The fraction of sp³-hybridized carbons (Fsp3) is 0.455. The summed E-state index contributed by atoms with van der Waals surface area (Å²) in [5.41, 5.74) is 1.53. The van der Waals surface area contributed by atoms with Crippen molar-refractivity contribution in [2.24, 2.45) is 5.92 Å². The van der Waals surface area contributed by atoms with E-state index in [2.05, 4.69) is 25.6 Å². The lowest BCUT2D eigenvalue weighted by Gasteiger charge is -2.30. The van der Waals surface area contributed by atoms with Gasteiger partial charge in [0.2, 0.25) is 11.9 Å². The van der Waals surface area contributed by atoms with Crippen LogP contribution in [0, 0.1) is 12.8 Å². The average molecular weight is 429 g/mol. The van der Waals surface area contributed by atoms with Gasteiger partial charge in [-0.1, -0.05) is 12.1 Å². The van der Waals surface area contributed by atoms with Crippen molar-refractivity contribution in [1.82, 2.24) is 20.3 Å². The van der Waals surface area contributed by atoms with Gasteiger partial charge in [-0.05, 0) is 31.7 Å². The van der Waals surface area contributed by atoms with Gasteiger partial charge in [0.1, 0.15) is 13.3 Å². The SMILES string of the molecule is Cc1ncc(-c2ccc3cnc(NC(=O)C4CCC(NC(CF)CF)CC4)nc3c2)o1. The van der Waals surface area contributed by atoms with Crippen molar-refractivity contribution in [3.8, 4) is 11.3 Å². The molecule has 31 heavy (non-hydrogen) atoms. The van der Waals surface area contributed by atoms with Gasteiger partial charge in [0, 0.05) is 36.0 Å². The number of rotatable bonds is 7. The van der Waals surface area contributed by atoms with Crippen LogP contribution in [0.25, 0.3) is 22.2 Å². The number of alkyl halides is 2. The Morgan fingerprint density at radius 2 is 1.94 bits per heavy atom. The molecule has 0 radical (unpaired) electrons. The van der Waals surface area contributed by atoms with Gasteiger partial charge in [0.05, 0.1) is 17.8 Å². The Kier molecular flexibility index (Phi) is 6.50. The number of nitrogens with zero attached hydrogens (tertiary/aromatic N) is 3. The van der Waals surface area contributed by atoms with Gasteiger partial charge in [-0.25, -0.2) is 23.7 Å². The van der Waals surface area contributed by atoms with Gasteiger partial charge in [-0.3, -0.25) is 10.1 Å². The van der Waals surface area contributed by atoms with E-state index in [1.165, 1.54) is 0 Å². The smallest absolute Gasteiger partial charge is 0.229 e. The number of aryl methyl sites for hydroxylation is 1. The third-order valence-corrected chi connectivity index (χ3v) is 5.67. The second-order valence-electron chi connectivity index (χ2n) is 7.92. The molecule has 3 aromatic rings. The predicted molar refractivity (Wildman–Crippen MR) is 113 cm³/mol. The molecule has 0 saturated heterocycles. The molecule has 4 rings (SSSR count). The summed E-state index contributed by atoms with van der Waals surface area (Å²) in [6, 6.07) is 4.95. The number of carbonyl (C=O) groups is 1. The lowest BCUT2D eigenvalue weighted by molar-refractivity contribution is -0.120. The highest BCUT2D eigenvalue weighted by Gasteiger charge is 2.28. The Labute approximate surface area is 178 Å². The lowest BCUT2D eigenvalue weighted by atomic mass is 9.85. The van der Waals surface area contributed by atoms with Crippen molar-refractivity contribution in [2.75, 3.05) is 18.7 Å². The molecular weight excluding hydrogens is 404 g/mol. The fourth-order valence-corrected chi connectivity index (χ4v) is 3.93. The van der Waals surface area contributed by atoms with E-state index in [1.807, 2.05) is 18.2 Å². The molecule has 1 aliphatic rings. The van der Waals surface area contributed by atoms with Gasteiger partial charge in [-0.2, -0.15) is 0 Å². The van der Waals surface area contributed by atoms with Crippen molar-refractivity contribution < 1.29 is 18.0 Å². The maximum absolute atomic E-state index is 12.7. The number of benzene rings is 1. The van der Waals surface area contributed by atoms with Gasteiger partial charge in [0.25, 0.3) is 0 Å². The van der Waals surface area contributed by atoms with E-state index >= 15 is 0 Å².